The normalized spacial score (nSPS) is 11.0. The van der Waals surface area contributed by atoms with Crippen molar-refractivity contribution in [2.45, 2.75) is 11.8 Å². The second-order valence-corrected chi connectivity index (χ2v) is 8.80. The molecule has 0 aromatic heterocycles. The van der Waals surface area contributed by atoms with E-state index in [4.69, 9.17) is 16.3 Å². The van der Waals surface area contributed by atoms with Crippen LogP contribution in [0.1, 0.15) is 15.9 Å². The first-order chi connectivity index (χ1) is 15.1. The topological polar surface area (TPSA) is 128 Å². The Kier molecular flexibility index (Phi) is 6.66. The minimum atomic E-state index is -4.10. The molecule has 3 aromatic rings. The van der Waals surface area contributed by atoms with Gasteiger partial charge in [-0.25, -0.2) is 8.42 Å². The van der Waals surface area contributed by atoms with Crippen molar-refractivity contribution in [2.24, 2.45) is 0 Å². The second kappa shape index (κ2) is 9.25. The van der Waals surface area contributed by atoms with Crippen LogP contribution in [0.25, 0.3) is 0 Å². The van der Waals surface area contributed by atoms with Gasteiger partial charge in [-0.3, -0.25) is 19.6 Å². The SMILES string of the molecule is COc1ccc([N+](=O)[O-])cc1NS(=O)(=O)c1ccc(C(=O)Nc2ccc(Cl)cc2C)cc1. The van der Waals surface area contributed by atoms with E-state index in [-0.39, 0.29) is 27.6 Å². The number of carbonyl (C=O) groups excluding carboxylic acids is 1. The molecule has 0 aliphatic carbocycles. The average Bonchev–Trinajstić information content (AvgIpc) is 2.75. The summed E-state index contributed by atoms with van der Waals surface area (Å²) in [6, 6.07) is 13.8. The van der Waals surface area contributed by atoms with Crippen molar-refractivity contribution in [1.29, 1.82) is 0 Å². The van der Waals surface area contributed by atoms with Crippen LogP contribution in [0, 0.1) is 17.0 Å². The van der Waals surface area contributed by atoms with Crippen LogP contribution in [-0.2, 0) is 10.0 Å². The number of nitro groups is 1. The Labute approximate surface area is 189 Å². The van der Waals surface area contributed by atoms with Gasteiger partial charge in [-0.1, -0.05) is 11.6 Å². The molecule has 32 heavy (non-hydrogen) atoms. The maximum atomic E-state index is 12.8. The fourth-order valence-corrected chi connectivity index (χ4v) is 4.13. The van der Waals surface area contributed by atoms with Gasteiger partial charge in [0, 0.05) is 28.4 Å². The Balaban J connectivity index is 1.81. The molecule has 11 heteroatoms. The lowest BCUT2D eigenvalue weighted by molar-refractivity contribution is -0.384. The standard InChI is InChI=1S/C21H18ClN3O6S/c1-13-11-15(22)5-9-18(13)23-21(26)14-3-7-17(8-4-14)32(29,30)24-19-12-16(25(27)28)6-10-20(19)31-2/h3-12,24H,1-2H3,(H,23,26). The summed E-state index contributed by atoms with van der Waals surface area (Å²) < 4.78 is 32.9. The molecule has 0 unspecified atom stereocenters. The maximum absolute atomic E-state index is 12.8. The van der Waals surface area contributed by atoms with Crippen LogP contribution in [-0.4, -0.2) is 26.4 Å². The summed E-state index contributed by atoms with van der Waals surface area (Å²) in [6.45, 7) is 1.80. The van der Waals surface area contributed by atoms with Crippen molar-refractivity contribution in [3.05, 3.63) is 86.9 Å². The minimum Gasteiger partial charge on any atom is -0.495 e. The first kappa shape index (κ1) is 23.0. The van der Waals surface area contributed by atoms with Crippen molar-refractivity contribution >= 4 is 44.6 Å². The predicted octanol–water partition coefficient (Wildman–Crippen LogP) is 4.62. The van der Waals surface area contributed by atoms with Crippen molar-refractivity contribution in [3.63, 3.8) is 0 Å². The number of methoxy groups -OCH3 is 1. The first-order valence-electron chi connectivity index (χ1n) is 9.13. The zero-order chi connectivity index (χ0) is 23.5. The third-order valence-corrected chi connectivity index (χ3v) is 6.12. The Morgan fingerprint density at radius 3 is 2.31 bits per heavy atom. The number of sulfonamides is 1. The van der Waals surface area contributed by atoms with Crippen LogP contribution in [0.2, 0.25) is 5.02 Å². The molecule has 0 radical (unpaired) electrons. The van der Waals surface area contributed by atoms with Crippen LogP contribution in [0.5, 0.6) is 5.75 Å². The second-order valence-electron chi connectivity index (χ2n) is 6.68. The molecule has 0 fully saturated rings. The lowest BCUT2D eigenvalue weighted by Crippen LogP contribution is -2.15. The molecule has 3 aromatic carbocycles. The van der Waals surface area contributed by atoms with Crippen molar-refractivity contribution in [3.8, 4) is 5.75 Å². The van der Waals surface area contributed by atoms with Gasteiger partial charge in [0.1, 0.15) is 5.75 Å². The number of nitro benzene ring substituents is 1. The third kappa shape index (κ3) is 5.16. The Morgan fingerprint density at radius 1 is 1.03 bits per heavy atom. The summed E-state index contributed by atoms with van der Waals surface area (Å²) in [5.74, 6) is -0.304. The van der Waals surface area contributed by atoms with E-state index >= 15 is 0 Å². The molecule has 0 spiro atoms. The summed E-state index contributed by atoms with van der Waals surface area (Å²) in [7, 11) is -2.79. The maximum Gasteiger partial charge on any atom is 0.271 e. The molecule has 2 N–H and O–H groups in total. The van der Waals surface area contributed by atoms with Crippen molar-refractivity contribution < 1.29 is 22.9 Å². The molecule has 0 atom stereocenters. The largest absolute Gasteiger partial charge is 0.495 e. The van der Waals surface area contributed by atoms with E-state index in [9.17, 15) is 23.3 Å². The molecule has 0 aliphatic heterocycles. The average molecular weight is 476 g/mol. The highest BCUT2D eigenvalue weighted by atomic mass is 35.5. The Hall–Kier alpha value is -3.63. The van der Waals surface area contributed by atoms with Crippen LogP contribution >= 0.6 is 11.6 Å². The number of anilines is 2. The van der Waals surface area contributed by atoms with Crippen LogP contribution in [0.15, 0.2) is 65.6 Å². The van der Waals surface area contributed by atoms with Gasteiger partial charge < -0.3 is 10.1 Å². The molecular formula is C21H18ClN3O6S. The quantitative estimate of drug-likeness (QED) is 0.379. The Morgan fingerprint density at radius 2 is 1.72 bits per heavy atom. The minimum absolute atomic E-state index is 0.0817. The molecular weight excluding hydrogens is 458 g/mol. The Bertz CT molecular complexity index is 1290. The summed E-state index contributed by atoms with van der Waals surface area (Å²) in [6.07, 6.45) is 0. The fraction of sp³-hybridized carbons (Fsp3) is 0.0952. The summed E-state index contributed by atoms with van der Waals surface area (Å²) in [4.78, 5) is 22.7. The van der Waals surface area contributed by atoms with E-state index in [1.807, 2.05) is 0 Å². The van der Waals surface area contributed by atoms with E-state index in [1.165, 1.54) is 43.5 Å². The highest BCUT2D eigenvalue weighted by molar-refractivity contribution is 7.92. The fourth-order valence-electron chi connectivity index (χ4n) is 2.84. The molecule has 0 aliphatic rings. The zero-order valence-electron chi connectivity index (χ0n) is 17.0. The van der Waals surface area contributed by atoms with Gasteiger partial charge in [-0.05, 0) is 61.0 Å². The number of hydrogen-bond donors (Lipinski definition) is 2. The number of aryl methyl sites for hydroxylation is 1. The zero-order valence-corrected chi connectivity index (χ0v) is 18.5. The predicted molar refractivity (Wildman–Crippen MR) is 121 cm³/mol. The van der Waals surface area contributed by atoms with Gasteiger partial charge in [0.05, 0.1) is 22.6 Å². The number of amides is 1. The lowest BCUT2D eigenvalue weighted by atomic mass is 10.1. The molecule has 166 valence electrons. The molecule has 3 rings (SSSR count). The van der Waals surface area contributed by atoms with Crippen LogP contribution in [0.4, 0.5) is 17.1 Å². The third-order valence-electron chi connectivity index (χ3n) is 4.50. The van der Waals surface area contributed by atoms with E-state index in [2.05, 4.69) is 10.0 Å². The van der Waals surface area contributed by atoms with Gasteiger partial charge in [-0.2, -0.15) is 0 Å². The van der Waals surface area contributed by atoms with E-state index in [0.717, 1.165) is 11.6 Å². The number of ether oxygens (including phenoxy) is 1. The molecule has 0 saturated carbocycles. The molecule has 0 bridgehead atoms. The van der Waals surface area contributed by atoms with Crippen molar-refractivity contribution in [2.75, 3.05) is 17.1 Å². The number of non-ortho nitro benzene ring substituents is 1. The number of halogens is 1. The van der Waals surface area contributed by atoms with Crippen LogP contribution < -0.4 is 14.8 Å². The number of nitrogens with zero attached hydrogens (tertiary/aromatic N) is 1. The summed E-state index contributed by atoms with van der Waals surface area (Å²) in [5, 5.41) is 14.3. The van der Waals surface area contributed by atoms with Gasteiger partial charge in [0.15, 0.2) is 0 Å². The molecule has 9 nitrogen and oxygen atoms in total. The lowest BCUT2D eigenvalue weighted by Gasteiger charge is -2.12. The summed E-state index contributed by atoms with van der Waals surface area (Å²) in [5.41, 5.74) is 1.22. The monoisotopic (exact) mass is 475 g/mol. The molecule has 0 heterocycles. The van der Waals surface area contributed by atoms with E-state index in [0.29, 0.717) is 10.7 Å². The first-order valence-corrected chi connectivity index (χ1v) is 11.0. The number of carbonyl (C=O) groups is 1. The summed E-state index contributed by atoms with van der Waals surface area (Å²) >= 11 is 5.92. The number of nitrogens with one attached hydrogen (secondary N) is 2. The number of rotatable bonds is 7. The van der Waals surface area contributed by atoms with Gasteiger partial charge >= 0.3 is 0 Å². The highest BCUT2D eigenvalue weighted by Crippen LogP contribution is 2.31. The number of hydrogen-bond acceptors (Lipinski definition) is 6. The molecule has 0 saturated heterocycles. The highest BCUT2D eigenvalue weighted by Gasteiger charge is 2.20. The smallest absolute Gasteiger partial charge is 0.271 e. The van der Waals surface area contributed by atoms with Gasteiger partial charge in [0.25, 0.3) is 21.6 Å². The van der Waals surface area contributed by atoms with Gasteiger partial charge in [-0.15, -0.1) is 0 Å². The molecule has 1 amide bonds. The van der Waals surface area contributed by atoms with E-state index < -0.39 is 20.9 Å². The van der Waals surface area contributed by atoms with Crippen LogP contribution in [0.3, 0.4) is 0 Å². The van der Waals surface area contributed by atoms with Crippen molar-refractivity contribution in [1.82, 2.24) is 0 Å². The number of benzene rings is 3. The van der Waals surface area contributed by atoms with E-state index in [1.54, 1.807) is 25.1 Å². The van der Waals surface area contributed by atoms with Gasteiger partial charge in [0.2, 0.25) is 0 Å².